The van der Waals surface area contributed by atoms with Crippen molar-refractivity contribution in [1.82, 2.24) is 0 Å². The molecule has 0 aromatic carbocycles. The molecule has 0 unspecified atom stereocenters. The zero-order valence-electron chi connectivity index (χ0n) is 16.0. The molecule has 0 bridgehead atoms. The van der Waals surface area contributed by atoms with Crippen LogP contribution in [-0.4, -0.2) is 50.6 Å². The number of carbonyl (C=O) groups is 1. The van der Waals surface area contributed by atoms with Gasteiger partial charge in [0.25, 0.3) is 0 Å². The van der Waals surface area contributed by atoms with E-state index in [1.165, 1.54) is 0 Å². The molecule has 148 valence electrons. The lowest BCUT2D eigenvalue weighted by Gasteiger charge is -2.60. The Morgan fingerprint density at radius 2 is 1.88 bits per heavy atom. The molecule has 4 aliphatic rings. The van der Waals surface area contributed by atoms with Gasteiger partial charge >= 0.3 is 0 Å². The Balaban J connectivity index is 1.69. The maximum Gasteiger partial charge on any atom is 0.137 e. The standard InChI is InChI=1S/C21H34O5/c1-19-7-5-13(23)9-12(19)3-4-14-15-6-8-21(26,17(25)11-22)20(15,2)10-16(24)18(14)19/h12-15,17-18,22-23,25-26H,3-11H2,1-2H3/t12-,13+,14-,15-,17-,18+,19-,20-,21-/m0/s1. The molecule has 4 saturated carbocycles. The van der Waals surface area contributed by atoms with E-state index >= 15 is 0 Å². The zero-order valence-corrected chi connectivity index (χ0v) is 16.0. The summed E-state index contributed by atoms with van der Waals surface area (Å²) in [5.41, 5.74) is -2.09. The monoisotopic (exact) mass is 366 g/mol. The van der Waals surface area contributed by atoms with Crippen LogP contribution >= 0.6 is 0 Å². The van der Waals surface area contributed by atoms with E-state index in [2.05, 4.69) is 6.92 Å². The van der Waals surface area contributed by atoms with Crippen molar-refractivity contribution in [2.45, 2.75) is 83.0 Å². The highest BCUT2D eigenvalue weighted by Gasteiger charge is 2.68. The maximum atomic E-state index is 13.4. The first-order chi connectivity index (χ1) is 12.2. The second-order valence-electron chi connectivity index (χ2n) is 10.2. The summed E-state index contributed by atoms with van der Waals surface area (Å²) in [5, 5.41) is 41.2. The Kier molecular flexibility index (Phi) is 4.35. The van der Waals surface area contributed by atoms with Crippen molar-refractivity contribution in [3.05, 3.63) is 0 Å². The molecule has 0 radical (unpaired) electrons. The molecule has 0 aliphatic heterocycles. The predicted molar refractivity (Wildman–Crippen MR) is 96.2 cm³/mol. The molecule has 5 nitrogen and oxygen atoms in total. The summed E-state index contributed by atoms with van der Waals surface area (Å²) in [6.07, 6.45) is 4.61. The average Bonchev–Trinajstić information content (AvgIpc) is 2.86. The minimum absolute atomic E-state index is 0.0143. The summed E-state index contributed by atoms with van der Waals surface area (Å²) >= 11 is 0. The molecular formula is C21H34O5. The fourth-order valence-electron chi connectivity index (χ4n) is 7.79. The lowest BCUT2D eigenvalue weighted by atomic mass is 9.44. The number of rotatable bonds is 2. The van der Waals surface area contributed by atoms with E-state index < -0.39 is 23.7 Å². The molecule has 0 amide bonds. The molecular weight excluding hydrogens is 332 g/mol. The van der Waals surface area contributed by atoms with E-state index in [4.69, 9.17) is 0 Å². The highest BCUT2D eigenvalue weighted by molar-refractivity contribution is 5.84. The zero-order chi connectivity index (χ0) is 18.9. The van der Waals surface area contributed by atoms with Crippen LogP contribution in [-0.2, 0) is 4.79 Å². The lowest BCUT2D eigenvalue weighted by molar-refractivity contribution is -0.196. The smallest absolute Gasteiger partial charge is 0.137 e. The fourth-order valence-corrected chi connectivity index (χ4v) is 7.79. The van der Waals surface area contributed by atoms with E-state index in [-0.39, 0.29) is 41.5 Å². The lowest BCUT2D eigenvalue weighted by Crippen LogP contribution is -2.63. The molecule has 4 aliphatic carbocycles. The van der Waals surface area contributed by atoms with Gasteiger partial charge < -0.3 is 20.4 Å². The van der Waals surface area contributed by atoms with Crippen molar-refractivity contribution in [3.8, 4) is 0 Å². The predicted octanol–water partition coefficient (Wildman–Crippen LogP) is 1.65. The van der Waals surface area contributed by atoms with Gasteiger partial charge in [-0.1, -0.05) is 13.8 Å². The third kappa shape index (κ3) is 2.27. The van der Waals surface area contributed by atoms with Gasteiger partial charge in [0.15, 0.2) is 0 Å². The average molecular weight is 366 g/mol. The molecule has 4 rings (SSSR count). The van der Waals surface area contributed by atoms with Gasteiger partial charge in [0.05, 0.1) is 18.3 Å². The van der Waals surface area contributed by atoms with E-state index in [0.717, 1.165) is 38.5 Å². The molecule has 0 aromatic heterocycles. The molecule has 0 aromatic rings. The molecule has 5 heteroatoms. The van der Waals surface area contributed by atoms with Crippen LogP contribution in [0.15, 0.2) is 0 Å². The highest BCUT2D eigenvalue weighted by atomic mass is 16.4. The Bertz CT molecular complexity index is 593. The van der Waals surface area contributed by atoms with Crippen LogP contribution in [0.5, 0.6) is 0 Å². The minimum Gasteiger partial charge on any atom is -0.394 e. The van der Waals surface area contributed by atoms with E-state index in [1.807, 2.05) is 6.92 Å². The summed E-state index contributed by atoms with van der Waals surface area (Å²) in [6, 6.07) is 0. The van der Waals surface area contributed by atoms with Gasteiger partial charge in [-0.2, -0.15) is 0 Å². The van der Waals surface area contributed by atoms with Gasteiger partial charge in [0, 0.05) is 17.8 Å². The summed E-state index contributed by atoms with van der Waals surface area (Å²) in [4.78, 5) is 13.4. The molecule has 0 heterocycles. The number of aliphatic hydroxyl groups excluding tert-OH is 3. The Hall–Kier alpha value is -0.490. The van der Waals surface area contributed by atoms with Crippen LogP contribution in [0.2, 0.25) is 0 Å². The number of hydrogen-bond acceptors (Lipinski definition) is 5. The Morgan fingerprint density at radius 3 is 2.58 bits per heavy atom. The normalized spacial score (nSPS) is 55.0. The Morgan fingerprint density at radius 1 is 1.15 bits per heavy atom. The van der Waals surface area contributed by atoms with Crippen molar-refractivity contribution in [2.75, 3.05) is 6.61 Å². The van der Waals surface area contributed by atoms with E-state index in [1.54, 1.807) is 0 Å². The quantitative estimate of drug-likeness (QED) is 0.596. The SMILES string of the molecule is C[C@]12CC[C@@H](O)C[C@@H]1CC[C@@H]1[C@@H]2C(=O)C[C@@]2(C)[C@H]1CC[C@]2(O)[C@@H](O)CO. The number of ketones is 1. The molecule has 9 atom stereocenters. The topological polar surface area (TPSA) is 98.0 Å². The molecule has 0 spiro atoms. The minimum atomic E-state index is -1.38. The first kappa shape index (κ1) is 18.9. The van der Waals surface area contributed by atoms with Crippen LogP contribution in [0.4, 0.5) is 0 Å². The van der Waals surface area contributed by atoms with E-state index in [0.29, 0.717) is 12.3 Å². The van der Waals surface area contributed by atoms with Gasteiger partial charge in [-0.05, 0) is 68.1 Å². The number of Topliss-reactive ketones (excluding diaryl/α,β-unsaturated/α-hetero) is 1. The summed E-state index contributed by atoms with van der Waals surface area (Å²) in [6.45, 7) is 3.74. The molecule has 0 saturated heterocycles. The number of aliphatic hydroxyl groups is 4. The molecule has 26 heavy (non-hydrogen) atoms. The van der Waals surface area contributed by atoms with Crippen molar-refractivity contribution in [2.24, 2.45) is 34.5 Å². The van der Waals surface area contributed by atoms with Crippen LogP contribution in [0.3, 0.4) is 0 Å². The summed E-state index contributed by atoms with van der Waals surface area (Å²) in [5.74, 6) is 1.10. The van der Waals surface area contributed by atoms with Crippen LogP contribution < -0.4 is 0 Å². The van der Waals surface area contributed by atoms with Gasteiger partial charge in [0.2, 0.25) is 0 Å². The van der Waals surface area contributed by atoms with Crippen molar-refractivity contribution in [1.29, 1.82) is 0 Å². The summed E-state index contributed by atoms with van der Waals surface area (Å²) < 4.78 is 0. The molecule has 4 N–H and O–H groups in total. The number of carbonyl (C=O) groups excluding carboxylic acids is 1. The second-order valence-corrected chi connectivity index (χ2v) is 10.2. The first-order valence-electron chi connectivity index (χ1n) is 10.4. The summed E-state index contributed by atoms with van der Waals surface area (Å²) in [7, 11) is 0. The largest absolute Gasteiger partial charge is 0.394 e. The van der Waals surface area contributed by atoms with Crippen molar-refractivity contribution in [3.63, 3.8) is 0 Å². The van der Waals surface area contributed by atoms with Crippen molar-refractivity contribution >= 4 is 5.78 Å². The number of fused-ring (bicyclic) bond motifs is 5. The van der Waals surface area contributed by atoms with Crippen molar-refractivity contribution < 1.29 is 25.2 Å². The van der Waals surface area contributed by atoms with Crippen LogP contribution in [0.1, 0.15) is 65.2 Å². The van der Waals surface area contributed by atoms with Crippen LogP contribution in [0, 0.1) is 34.5 Å². The second kappa shape index (κ2) is 6.00. The van der Waals surface area contributed by atoms with Gasteiger partial charge in [-0.15, -0.1) is 0 Å². The van der Waals surface area contributed by atoms with E-state index in [9.17, 15) is 25.2 Å². The third-order valence-corrected chi connectivity index (χ3v) is 9.27. The Labute approximate surface area is 155 Å². The van der Waals surface area contributed by atoms with Gasteiger partial charge in [-0.3, -0.25) is 4.79 Å². The van der Waals surface area contributed by atoms with Crippen LogP contribution in [0.25, 0.3) is 0 Å². The van der Waals surface area contributed by atoms with Gasteiger partial charge in [-0.25, -0.2) is 0 Å². The highest BCUT2D eigenvalue weighted by Crippen LogP contribution is 2.67. The fraction of sp³-hybridized carbons (Fsp3) is 0.952. The first-order valence-corrected chi connectivity index (χ1v) is 10.4. The maximum absolute atomic E-state index is 13.4. The third-order valence-electron chi connectivity index (χ3n) is 9.27. The molecule has 4 fully saturated rings. The number of hydrogen-bond donors (Lipinski definition) is 4. The van der Waals surface area contributed by atoms with Gasteiger partial charge in [0.1, 0.15) is 11.9 Å².